The second kappa shape index (κ2) is 9.49. The Morgan fingerprint density at radius 2 is 1.50 bits per heavy atom. The number of sulfonamides is 1. The highest BCUT2D eigenvalue weighted by molar-refractivity contribution is 7.89. The molecule has 1 unspecified atom stereocenters. The van der Waals surface area contributed by atoms with E-state index in [0.29, 0.717) is 63.6 Å². The molecule has 9 heteroatoms. The van der Waals surface area contributed by atoms with E-state index in [9.17, 15) is 18.0 Å². The minimum Gasteiger partial charge on any atom is -0.368 e. The molecule has 0 spiro atoms. The predicted octanol–water partition coefficient (Wildman–Crippen LogP) is 1.55. The first-order valence-electron chi connectivity index (χ1n) is 11.5. The largest absolute Gasteiger partial charge is 0.368 e. The first-order chi connectivity index (χ1) is 15.3. The van der Waals surface area contributed by atoms with Gasteiger partial charge in [-0.1, -0.05) is 6.07 Å². The second-order valence-corrected chi connectivity index (χ2v) is 11.0. The number of nitrogens with zero attached hydrogens (tertiary/aromatic N) is 3. The SMILES string of the molecule is Cc1ccc(S(=O)(=O)N2CCC(C(=O)N3CCN(C(=O)C4CCCO4)CC3)CC2)cc1C. The van der Waals surface area contributed by atoms with Crippen LogP contribution in [-0.4, -0.2) is 86.3 Å². The lowest BCUT2D eigenvalue weighted by atomic mass is 9.96. The van der Waals surface area contributed by atoms with Gasteiger partial charge in [0.2, 0.25) is 15.9 Å². The molecule has 2 amide bonds. The van der Waals surface area contributed by atoms with Gasteiger partial charge in [-0.25, -0.2) is 8.42 Å². The van der Waals surface area contributed by atoms with Crippen molar-refractivity contribution in [3.8, 4) is 0 Å². The number of rotatable bonds is 4. The third-order valence-electron chi connectivity index (χ3n) is 7.03. The molecule has 1 aromatic rings. The summed E-state index contributed by atoms with van der Waals surface area (Å²) in [5.41, 5.74) is 2.01. The zero-order chi connectivity index (χ0) is 22.9. The van der Waals surface area contributed by atoms with Crippen molar-refractivity contribution in [2.24, 2.45) is 5.92 Å². The van der Waals surface area contributed by atoms with E-state index in [2.05, 4.69) is 0 Å². The Labute approximate surface area is 190 Å². The van der Waals surface area contributed by atoms with Gasteiger partial charge in [0.15, 0.2) is 0 Å². The average Bonchev–Trinajstić information content (AvgIpc) is 3.35. The van der Waals surface area contributed by atoms with Gasteiger partial charge >= 0.3 is 0 Å². The van der Waals surface area contributed by atoms with Gasteiger partial charge in [-0.3, -0.25) is 9.59 Å². The molecule has 8 nitrogen and oxygen atoms in total. The maximum Gasteiger partial charge on any atom is 0.251 e. The molecule has 0 bridgehead atoms. The summed E-state index contributed by atoms with van der Waals surface area (Å²) in [6.07, 6.45) is 2.44. The van der Waals surface area contributed by atoms with E-state index < -0.39 is 10.0 Å². The third kappa shape index (κ3) is 4.70. The van der Waals surface area contributed by atoms with Crippen LogP contribution in [0, 0.1) is 19.8 Å². The van der Waals surface area contributed by atoms with Crippen LogP contribution in [0.3, 0.4) is 0 Å². The Morgan fingerprint density at radius 1 is 0.875 bits per heavy atom. The summed E-state index contributed by atoms with van der Waals surface area (Å²) in [5, 5.41) is 0. The van der Waals surface area contributed by atoms with E-state index in [-0.39, 0.29) is 23.8 Å². The number of ether oxygens (including phenoxy) is 1. The van der Waals surface area contributed by atoms with Crippen molar-refractivity contribution in [2.45, 2.75) is 50.5 Å². The monoisotopic (exact) mass is 463 g/mol. The fraction of sp³-hybridized carbons (Fsp3) is 0.652. The molecule has 4 rings (SSSR count). The average molecular weight is 464 g/mol. The Morgan fingerprint density at radius 3 is 2.06 bits per heavy atom. The highest BCUT2D eigenvalue weighted by atomic mass is 32.2. The fourth-order valence-corrected chi connectivity index (χ4v) is 6.30. The molecule has 3 fully saturated rings. The van der Waals surface area contributed by atoms with Gasteiger partial charge in [0.1, 0.15) is 6.10 Å². The fourth-order valence-electron chi connectivity index (χ4n) is 4.75. The van der Waals surface area contributed by atoms with Gasteiger partial charge in [-0.05, 0) is 62.8 Å². The van der Waals surface area contributed by atoms with Crippen molar-refractivity contribution >= 4 is 21.8 Å². The molecule has 0 aliphatic carbocycles. The number of amides is 2. The summed E-state index contributed by atoms with van der Waals surface area (Å²) in [6, 6.07) is 5.22. The molecule has 1 atom stereocenters. The lowest BCUT2D eigenvalue weighted by molar-refractivity contribution is -0.147. The van der Waals surface area contributed by atoms with Crippen LogP contribution in [0.2, 0.25) is 0 Å². The van der Waals surface area contributed by atoms with Crippen LogP contribution in [0.1, 0.15) is 36.8 Å². The van der Waals surface area contributed by atoms with E-state index in [4.69, 9.17) is 4.74 Å². The molecule has 176 valence electrons. The molecule has 0 aromatic heterocycles. The molecule has 0 N–H and O–H groups in total. The number of hydrogen-bond donors (Lipinski definition) is 0. The Hall–Kier alpha value is -1.97. The van der Waals surface area contributed by atoms with Crippen molar-refractivity contribution in [2.75, 3.05) is 45.9 Å². The summed E-state index contributed by atoms with van der Waals surface area (Å²) in [6.45, 7) is 7.33. The highest BCUT2D eigenvalue weighted by Gasteiger charge is 2.36. The van der Waals surface area contributed by atoms with Crippen molar-refractivity contribution in [3.63, 3.8) is 0 Å². The van der Waals surface area contributed by atoms with E-state index in [1.54, 1.807) is 17.0 Å². The smallest absolute Gasteiger partial charge is 0.251 e. The molecule has 3 aliphatic rings. The lowest BCUT2D eigenvalue weighted by Gasteiger charge is -2.38. The molecule has 3 heterocycles. The number of benzene rings is 1. The Kier molecular flexibility index (Phi) is 6.88. The van der Waals surface area contributed by atoms with Crippen molar-refractivity contribution < 1.29 is 22.7 Å². The van der Waals surface area contributed by atoms with E-state index >= 15 is 0 Å². The zero-order valence-corrected chi connectivity index (χ0v) is 19.8. The van der Waals surface area contributed by atoms with Crippen LogP contribution in [0.15, 0.2) is 23.1 Å². The van der Waals surface area contributed by atoms with Crippen molar-refractivity contribution in [1.29, 1.82) is 0 Å². The third-order valence-corrected chi connectivity index (χ3v) is 8.92. The Balaban J connectivity index is 1.29. The van der Waals surface area contributed by atoms with Crippen LogP contribution >= 0.6 is 0 Å². The first kappa shape index (κ1) is 23.2. The minimum atomic E-state index is -3.55. The van der Waals surface area contributed by atoms with E-state index in [1.165, 1.54) is 4.31 Å². The maximum atomic E-state index is 13.0. The molecular formula is C23H33N3O5S. The molecule has 0 saturated carbocycles. The molecular weight excluding hydrogens is 430 g/mol. The summed E-state index contributed by atoms with van der Waals surface area (Å²) in [5.74, 6) is -0.0430. The minimum absolute atomic E-state index is 0.0412. The number of carbonyl (C=O) groups excluding carboxylic acids is 2. The quantitative estimate of drug-likeness (QED) is 0.676. The van der Waals surface area contributed by atoms with Crippen LogP contribution in [0.25, 0.3) is 0 Å². The normalized spacial score (nSPS) is 23.5. The van der Waals surface area contributed by atoms with Gasteiger partial charge in [-0.15, -0.1) is 0 Å². The molecule has 3 aliphatic heterocycles. The topological polar surface area (TPSA) is 87.2 Å². The summed E-state index contributed by atoms with van der Waals surface area (Å²) in [7, 11) is -3.55. The van der Waals surface area contributed by atoms with Gasteiger partial charge < -0.3 is 14.5 Å². The number of piperidine rings is 1. The van der Waals surface area contributed by atoms with Crippen LogP contribution in [0.4, 0.5) is 0 Å². The molecule has 0 radical (unpaired) electrons. The van der Waals surface area contributed by atoms with Crippen LogP contribution in [-0.2, 0) is 24.3 Å². The highest BCUT2D eigenvalue weighted by Crippen LogP contribution is 2.27. The van der Waals surface area contributed by atoms with E-state index in [0.717, 1.165) is 24.0 Å². The van der Waals surface area contributed by atoms with Crippen molar-refractivity contribution in [3.05, 3.63) is 29.3 Å². The molecule has 32 heavy (non-hydrogen) atoms. The summed E-state index contributed by atoms with van der Waals surface area (Å²) >= 11 is 0. The first-order valence-corrected chi connectivity index (χ1v) is 13.0. The number of carbonyl (C=O) groups is 2. The van der Waals surface area contributed by atoms with Gasteiger partial charge in [0.25, 0.3) is 5.91 Å². The second-order valence-electron chi connectivity index (χ2n) is 9.08. The zero-order valence-electron chi connectivity index (χ0n) is 19.0. The van der Waals surface area contributed by atoms with E-state index in [1.807, 2.05) is 24.8 Å². The molecule has 3 saturated heterocycles. The van der Waals surface area contributed by atoms with Crippen LogP contribution in [0.5, 0.6) is 0 Å². The number of aryl methyl sites for hydroxylation is 2. The lowest BCUT2D eigenvalue weighted by Crippen LogP contribution is -2.54. The maximum absolute atomic E-state index is 13.0. The summed E-state index contributed by atoms with van der Waals surface area (Å²) < 4.78 is 33.0. The number of hydrogen-bond acceptors (Lipinski definition) is 5. The van der Waals surface area contributed by atoms with Gasteiger partial charge in [0, 0.05) is 51.8 Å². The Bertz CT molecular complexity index is 958. The number of piperazine rings is 1. The standard InChI is InChI=1S/C23H33N3O5S/c1-17-5-6-20(16-18(17)2)32(29,30)26-9-7-19(8-10-26)22(27)24-11-13-25(14-12-24)23(28)21-4-3-15-31-21/h5-6,16,19,21H,3-4,7-15H2,1-2H3. The molecule has 1 aromatic carbocycles. The van der Waals surface area contributed by atoms with Gasteiger partial charge in [0.05, 0.1) is 4.90 Å². The van der Waals surface area contributed by atoms with Crippen molar-refractivity contribution in [1.82, 2.24) is 14.1 Å². The predicted molar refractivity (Wildman–Crippen MR) is 120 cm³/mol. The van der Waals surface area contributed by atoms with Gasteiger partial charge in [-0.2, -0.15) is 4.31 Å². The summed E-state index contributed by atoms with van der Waals surface area (Å²) in [4.78, 5) is 29.5. The van der Waals surface area contributed by atoms with Crippen LogP contribution < -0.4 is 0 Å².